The van der Waals surface area contributed by atoms with Gasteiger partial charge in [-0.05, 0) is 30.7 Å². The molecular formula is C15H18ClNO4S. The number of hydrogen-bond donors (Lipinski definition) is 0. The van der Waals surface area contributed by atoms with Crippen LogP contribution in [0.1, 0.15) is 24.8 Å². The number of likely N-dealkylation sites (tertiary alicyclic amines) is 1. The van der Waals surface area contributed by atoms with Gasteiger partial charge in [0, 0.05) is 16.7 Å². The van der Waals surface area contributed by atoms with Gasteiger partial charge >= 0.3 is 6.09 Å². The molecule has 3 rings (SSSR count). The molecule has 1 aromatic carbocycles. The van der Waals surface area contributed by atoms with Gasteiger partial charge in [-0.2, -0.15) is 0 Å². The third-order valence-corrected chi connectivity index (χ3v) is 5.64. The van der Waals surface area contributed by atoms with Crippen LogP contribution in [0.25, 0.3) is 0 Å². The van der Waals surface area contributed by atoms with Crippen molar-refractivity contribution < 1.29 is 17.9 Å². The van der Waals surface area contributed by atoms with Crippen molar-refractivity contribution in [3.05, 3.63) is 35.9 Å². The van der Waals surface area contributed by atoms with Gasteiger partial charge in [0.2, 0.25) is 9.05 Å². The molecule has 3 atom stereocenters. The van der Waals surface area contributed by atoms with Gasteiger partial charge in [0.1, 0.15) is 6.61 Å². The van der Waals surface area contributed by atoms with Gasteiger partial charge in [-0.25, -0.2) is 13.2 Å². The van der Waals surface area contributed by atoms with E-state index in [1.54, 1.807) is 4.90 Å². The predicted molar refractivity (Wildman–Crippen MR) is 83.0 cm³/mol. The summed E-state index contributed by atoms with van der Waals surface area (Å²) in [6.45, 7) is 0.188. The van der Waals surface area contributed by atoms with E-state index in [-0.39, 0.29) is 30.4 Å². The van der Waals surface area contributed by atoms with E-state index in [0.29, 0.717) is 0 Å². The van der Waals surface area contributed by atoms with E-state index in [1.165, 1.54) is 0 Å². The highest BCUT2D eigenvalue weighted by Crippen LogP contribution is 2.43. The van der Waals surface area contributed by atoms with Crippen molar-refractivity contribution >= 4 is 25.8 Å². The molecule has 2 aliphatic rings. The molecule has 5 nitrogen and oxygen atoms in total. The highest BCUT2D eigenvalue weighted by Gasteiger charge is 2.49. The second-order valence-corrected chi connectivity index (χ2v) is 8.77. The Labute approximate surface area is 134 Å². The Hall–Kier alpha value is -1.27. The monoisotopic (exact) mass is 343 g/mol. The molecule has 120 valence electrons. The molecular weight excluding hydrogens is 326 g/mol. The second-order valence-electron chi connectivity index (χ2n) is 5.95. The lowest BCUT2D eigenvalue weighted by Gasteiger charge is -2.33. The molecule has 0 radical (unpaired) electrons. The molecule has 1 amide bonds. The maximum atomic E-state index is 12.4. The van der Waals surface area contributed by atoms with Gasteiger partial charge in [-0.3, -0.25) is 0 Å². The summed E-state index contributed by atoms with van der Waals surface area (Å²) in [6, 6.07) is 9.13. The van der Waals surface area contributed by atoms with Gasteiger partial charge in [0.25, 0.3) is 0 Å². The summed E-state index contributed by atoms with van der Waals surface area (Å²) in [6.07, 6.45) is 2.26. The number of piperidine rings is 1. The first-order chi connectivity index (χ1) is 10.4. The average molecular weight is 344 g/mol. The Balaban J connectivity index is 1.67. The Morgan fingerprint density at radius 1 is 1.27 bits per heavy atom. The molecule has 2 bridgehead atoms. The number of carbonyl (C=O) groups excluding carboxylic acids is 1. The van der Waals surface area contributed by atoms with Crippen molar-refractivity contribution in [3.63, 3.8) is 0 Å². The van der Waals surface area contributed by atoms with Gasteiger partial charge in [-0.15, -0.1) is 0 Å². The van der Waals surface area contributed by atoms with E-state index in [4.69, 9.17) is 15.4 Å². The van der Waals surface area contributed by atoms with Crippen LogP contribution in [0.4, 0.5) is 4.79 Å². The lowest BCUT2D eigenvalue weighted by atomic mass is 10.0. The second kappa shape index (κ2) is 6.08. The SMILES string of the molecule is O=C(OCc1ccccc1)N1[C@@H]2CC[C@@H](C2)[C@H]1CS(=O)(=O)Cl. The van der Waals surface area contributed by atoms with Gasteiger partial charge in [-0.1, -0.05) is 30.3 Å². The Morgan fingerprint density at radius 3 is 2.68 bits per heavy atom. The summed E-state index contributed by atoms with van der Waals surface area (Å²) in [5.41, 5.74) is 0.904. The van der Waals surface area contributed by atoms with Crippen LogP contribution in [0.3, 0.4) is 0 Å². The standard InChI is InChI=1S/C15H18ClNO4S/c16-22(19,20)10-14-12-6-7-13(8-12)17(14)15(18)21-9-11-4-2-1-3-5-11/h1-5,12-14H,6-10H2/t12-,13+,14+/m0/s1. The minimum atomic E-state index is -3.64. The van der Waals surface area contributed by atoms with Crippen molar-refractivity contribution in [2.75, 3.05) is 5.75 Å². The summed E-state index contributed by atoms with van der Waals surface area (Å²) in [4.78, 5) is 14.0. The third kappa shape index (κ3) is 3.38. The molecule has 0 unspecified atom stereocenters. The Morgan fingerprint density at radius 2 is 2.00 bits per heavy atom. The fourth-order valence-corrected chi connectivity index (χ4v) is 4.82. The lowest BCUT2D eigenvalue weighted by molar-refractivity contribution is 0.0691. The molecule has 1 aromatic rings. The lowest BCUT2D eigenvalue weighted by Crippen LogP contribution is -2.47. The van der Waals surface area contributed by atoms with Crippen molar-refractivity contribution in [3.8, 4) is 0 Å². The number of nitrogens with zero attached hydrogens (tertiary/aromatic N) is 1. The Bertz CT molecular complexity index is 649. The summed E-state index contributed by atoms with van der Waals surface area (Å²) < 4.78 is 28.2. The van der Waals surface area contributed by atoms with Crippen LogP contribution < -0.4 is 0 Å². The van der Waals surface area contributed by atoms with Crippen molar-refractivity contribution in [2.45, 2.75) is 38.0 Å². The molecule has 2 fully saturated rings. The number of halogens is 1. The molecule has 1 aliphatic carbocycles. The van der Waals surface area contributed by atoms with Crippen LogP contribution in [0.2, 0.25) is 0 Å². The van der Waals surface area contributed by atoms with Crippen LogP contribution in [-0.2, 0) is 20.4 Å². The first-order valence-corrected chi connectivity index (χ1v) is 9.83. The normalized spacial score (nSPS) is 27.1. The largest absolute Gasteiger partial charge is 0.445 e. The number of ether oxygens (including phenoxy) is 1. The molecule has 0 aromatic heterocycles. The first kappa shape index (κ1) is 15.6. The van der Waals surface area contributed by atoms with Crippen molar-refractivity contribution in [1.82, 2.24) is 4.90 Å². The summed E-state index contributed by atoms with van der Waals surface area (Å²) in [5, 5.41) is 0. The van der Waals surface area contributed by atoms with Crippen molar-refractivity contribution in [1.29, 1.82) is 0 Å². The fourth-order valence-electron chi connectivity index (χ4n) is 3.59. The summed E-state index contributed by atoms with van der Waals surface area (Å²) >= 11 is 0. The van der Waals surface area contributed by atoms with E-state index < -0.39 is 15.1 Å². The van der Waals surface area contributed by atoms with Gasteiger partial charge < -0.3 is 9.64 Å². The number of fused-ring (bicyclic) bond motifs is 2. The van der Waals surface area contributed by atoms with Gasteiger partial charge in [0.05, 0.1) is 11.8 Å². The highest BCUT2D eigenvalue weighted by atomic mass is 35.7. The minimum absolute atomic E-state index is 0.0803. The topological polar surface area (TPSA) is 63.7 Å². The number of hydrogen-bond acceptors (Lipinski definition) is 4. The number of rotatable bonds is 4. The third-order valence-electron chi connectivity index (χ3n) is 4.53. The molecule has 1 heterocycles. The number of amides is 1. The first-order valence-electron chi connectivity index (χ1n) is 7.35. The molecule has 1 saturated carbocycles. The summed E-state index contributed by atoms with van der Waals surface area (Å²) in [7, 11) is 1.75. The van der Waals surface area contributed by atoms with E-state index in [0.717, 1.165) is 24.8 Å². The van der Waals surface area contributed by atoms with E-state index in [2.05, 4.69) is 0 Å². The minimum Gasteiger partial charge on any atom is -0.445 e. The molecule has 22 heavy (non-hydrogen) atoms. The zero-order valence-corrected chi connectivity index (χ0v) is 13.6. The van der Waals surface area contributed by atoms with Crippen LogP contribution in [0.15, 0.2) is 30.3 Å². The summed E-state index contributed by atoms with van der Waals surface area (Å²) in [5.74, 6) is 0.0127. The van der Waals surface area contributed by atoms with E-state index in [1.807, 2.05) is 30.3 Å². The van der Waals surface area contributed by atoms with Crippen LogP contribution >= 0.6 is 10.7 Å². The van der Waals surface area contributed by atoms with E-state index in [9.17, 15) is 13.2 Å². The maximum absolute atomic E-state index is 12.4. The van der Waals surface area contributed by atoms with Crippen LogP contribution in [-0.4, -0.2) is 37.2 Å². The zero-order valence-electron chi connectivity index (χ0n) is 12.0. The molecule has 0 N–H and O–H groups in total. The number of benzene rings is 1. The highest BCUT2D eigenvalue weighted by molar-refractivity contribution is 8.13. The molecule has 1 saturated heterocycles. The quantitative estimate of drug-likeness (QED) is 0.788. The zero-order chi connectivity index (χ0) is 15.7. The van der Waals surface area contributed by atoms with Crippen LogP contribution in [0, 0.1) is 5.92 Å². The molecule has 7 heteroatoms. The van der Waals surface area contributed by atoms with Crippen LogP contribution in [0.5, 0.6) is 0 Å². The fraction of sp³-hybridized carbons (Fsp3) is 0.533. The van der Waals surface area contributed by atoms with Crippen molar-refractivity contribution in [2.24, 2.45) is 5.92 Å². The average Bonchev–Trinajstić information content (AvgIpc) is 3.05. The number of carbonyl (C=O) groups is 1. The maximum Gasteiger partial charge on any atom is 0.410 e. The van der Waals surface area contributed by atoms with E-state index >= 15 is 0 Å². The van der Waals surface area contributed by atoms with Gasteiger partial charge in [0.15, 0.2) is 0 Å². The predicted octanol–water partition coefficient (Wildman–Crippen LogP) is 2.74. The smallest absolute Gasteiger partial charge is 0.410 e. The molecule has 0 spiro atoms. The Kier molecular flexibility index (Phi) is 4.32. The molecule has 1 aliphatic heterocycles.